The van der Waals surface area contributed by atoms with E-state index >= 15 is 0 Å². The summed E-state index contributed by atoms with van der Waals surface area (Å²) in [5.41, 5.74) is 5.87. The number of nitrogens with one attached hydrogen (secondary N) is 1. The number of carbonyl (C=O) groups is 1. The van der Waals surface area contributed by atoms with E-state index in [1.165, 1.54) is 12.1 Å². The number of amides is 1. The van der Waals surface area contributed by atoms with E-state index in [0.29, 0.717) is 5.82 Å². The maximum absolute atomic E-state index is 12.1. The van der Waals surface area contributed by atoms with Crippen molar-refractivity contribution in [3.05, 3.63) is 36.0 Å². The fraction of sp³-hybridized carbons (Fsp3) is 0.231. The topological polar surface area (TPSA) is 93.2 Å². The zero-order chi connectivity index (χ0) is 14.0. The molecule has 0 aliphatic carbocycles. The van der Waals surface area contributed by atoms with Gasteiger partial charge >= 0.3 is 0 Å². The molecule has 0 fully saturated rings. The molecule has 1 heterocycles. The third-order valence-corrected chi connectivity index (χ3v) is 2.71. The number of nitrogens with two attached hydrogens (primary N) is 1. The van der Waals surface area contributed by atoms with Gasteiger partial charge in [-0.2, -0.15) is 5.10 Å². The zero-order valence-electron chi connectivity index (χ0n) is 10.8. The van der Waals surface area contributed by atoms with E-state index in [1.807, 2.05) is 13.8 Å². The van der Waals surface area contributed by atoms with Gasteiger partial charge in [0, 0.05) is 12.1 Å². The van der Waals surface area contributed by atoms with Gasteiger partial charge in [0.2, 0.25) is 0 Å². The minimum atomic E-state index is -0.424. The normalized spacial score (nSPS) is 10.7. The summed E-state index contributed by atoms with van der Waals surface area (Å²) in [6.45, 7) is 3.92. The highest BCUT2D eigenvalue weighted by Gasteiger charge is 2.15. The van der Waals surface area contributed by atoms with E-state index in [4.69, 9.17) is 5.73 Å². The van der Waals surface area contributed by atoms with Crippen molar-refractivity contribution < 1.29 is 9.90 Å². The number of rotatable bonds is 3. The lowest BCUT2D eigenvalue weighted by molar-refractivity contribution is 0.102. The highest BCUT2D eigenvalue weighted by molar-refractivity contribution is 6.06. The van der Waals surface area contributed by atoms with Gasteiger partial charge in [-0.05, 0) is 26.0 Å². The van der Waals surface area contributed by atoms with Crippen molar-refractivity contribution >= 4 is 17.4 Å². The van der Waals surface area contributed by atoms with Crippen LogP contribution in [0.4, 0.5) is 11.5 Å². The van der Waals surface area contributed by atoms with Crippen molar-refractivity contribution in [1.82, 2.24) is 9.78 Å². The van der Waals surface area contributed by atoms with Gasteiger partial charge in [-0.1, -0.05) is 6.07 Å². The summed E-state index contributed by atoms with van der Waals surface area (Å²) in [5, 5.41) is 16.6. The molecule has 100 valence electrons. The van der Waals surface area contributed by atoms with Gasteiger partial charge in [0.05, 0.1) is 17.4 Å². The highest BCUT2D eigenvalue weighted by atomic mass is 16.3. The Morgan fingerprint density at radius 2 is 2.16 bits per heavy atom. The van der Waals surface area contributed by atoms with Crippen LogP contribution in [0.2, 0.25) is 0 Å². The number of hydrogen-bond acceptors (Lipinski definition) is 4. The van der Waals surface area contributed by atoms with Crippen molar-refractivity contribution in [2.45, 2.75) is 19.9 Å². The number of benzene rings is 1. The molecule has 0 aliphatic heterocycles. The summed E-state index contributed by atoms with van der Waals surface area (Å²) in [6.07, 6.45) is 1.61. The number of nitrogen functional groups attached to an aromatic ring is 1. The Labute approximate surface area is 110 Å². The molecular formula is C13H16N4O2. The Morgan fingerprint density at radius 3 is 2.84 bits per heavy atom. The van der Waals surface area contributed by atoms with Crippen LogP contribution in [-0.2, 0) is 0 Å². The number of aromatic hydroxyl groups is 1. The van der Waals surface area contributed by atoms with Crippen molar-refractivity contribution in [1.29, 1.82) is 0 Å². The average molecular weight is 260 g/mol. The molecule has 1 aromatic heterocycles. The van der Waals surface area contributed by atoms with Gasteiger partial charge in [-0.15, -0.1) is 0 Å². The Balaban J connectivity index is 2.26. The zero-order valence-corrected chi connectivity index (χ0v) is 10.8. The van der Waals surface area contributed by atoms with Crippen molar-refractivity contribution in [3.63, 3.8) is 0 Å². The molecule has 0 saturated carbocycles. The molecule has 1 amide bonds. The molecule has 4 N–H and O–H groups in total. The number of anilines is 2. The molecule has 0 radical (unpaired) electrons. The molecule has 1 aromatic carbocycles. The molecule has 0 unspecified atom stereocenters. The fourth-order valence-electron chi connectivity index (χ4n) is 1.75. The number of aromatic nitrogens is 2. The Bertz CT molecular complexity index is 604. The van der Waals surface area contributed by atoms with Crippen molar-refractivity contribution in [3.8, 4) is 5.75 Å². The molecule has 6 nitrogen and oxygen atoms in total. The van der Waals surface area contributed by atoms with Gasteiger partial charge in [0.15, 0.2) is 5.75 Å². The molecule has 0 aliphatic rings. The second-order valence-corrected chi connectivity index (χ2v) is 4.45. The van der Waals surface area contributed by atoms with E-state index in [9.17, 15) is 9.90 Å². The molecule has 2 rings (SSSR count). The Kier molecular flexibility index (Phi) is 3.41. The molecule has 0 spiro atoms. The lowest BCUT2D eigenvalue weighted by Gasteiger charge is -2.12. The average Bonchev–Trinajstić information content (AvgIpc) is 2.80. The van der Waals surface area contributed by atoms with Crippen LogP contribution in [0.3, 0.4) is 0 Å². The van der Waals surface area contributed by atoms with Crippen molar-refractivity contribution in [2.75, 3.05) is 11.1 Å². The first kappa shape index (κ1) is 12.9. The lowest BCUT2D eigenvalue weighted by Crippen LogP contribution is -2.17. The largest absolute Gasteiger partial charge is 0.505 e. The van der Waals surface area contributed by atoms with Crippen LogP contribution in [0.25, 0.3) is 0 Å². The molecular weight excluding hydrogens is 244 g/mol. The van der Waals surface area contributed by atoms with Crippen LogP contribution in [0.15, 0.2) is 30.5 Å². The third-order valence-electron chi connectivity index (χ3n) is 2.71. The molecule has 6 heteroatoms. The predicted molar refractivity (Wildman–Crippen MR) is 73.1 cm³/mol. The second-order valence-electron chi connectivity index (χ2n) is 4.45. The second kappa shape index (κ2) is 5.01. The third kappa shape index (κ3) is 2.52. The van der Waals surface area contributed by atoms with Gasteiger partial charge < -0.3 is 16.2 Å². The molecule has 0 saturated heterocycles. The quantitative estimate of drug-likeness (QED) is 0.581. The lowest BCUT2D eigenvalue weighted by atomic mass is 10.1. The number of phenolic OH excluding ortho intramolecular Hbond substituents is 1. The number of phenols is 1. The fourth-order valence-corrected chi connectivity index (χ4v) is 1.75. The smallest absolute Gasteiger partial charge is 0.260 e. The molecule has 19 heavy (non-hydrogen) atoms. The summed E-state index contributed by atoms with van der Waals surface area (Å²) >= 11 is 0. The van der Waals surface area contributed by atoms with E-state index in [2.05, 4.69) is 10.4 Å². The van der Waals surface area contributed by atoms with Crippen LogP contribution in [0.5, 0.6) is 5.75 Å². The van der Waals surface area contributed by atoms with Gasteiger partial charge in [-0.3, -0.25) is 4.79 Å². The summed E-state index contributed by atoms with van der Waals surface area (Å²) < 4.78 is 1.68. The molecule has 2 aromatic rings. The van der Waals surface area contributed by atoms with Crippen LogP contribution in [0.1, 0.15) is 30.2 Å². The first-order valence-corrected chi connectivity index (χ1v) is 5.93. The minimum absolute atomic E-state index is 0.125. The summed E-state index contributed by atoms with van der Waals surface area (Å²) in [7, 11) is 0. The number of para-hydroxylation sites is 1. The summed E-state index contributed by atoms with van der Waals surface area (Å²) in [4.78, 5) is 12.1. The number of carbonyl (C=O) groups excluding carboxylic acids is 1. The SMILES string of the molecule is CC(C)n1nccc1NC(=O)c1cccc(N)c1O. The predicted octanol–water partition coefficient (Wildman–Crippen LogP) is 2.00. The number of nitrogens with zero attached hydrogens (tertiary/aromatic N) is 2. The van der Waals surface area contributed by atoms with Crippen LogP contribution < -0.4 is 11.1 Å². The van der Waals surface area contributed by atoms with E-state index in [0.717, 1.165) is 0 Å². The van der Waals surface area contributed by atoms with Crippen LogP contribution in [0, 0.1) is 0 Å². The Hall–Kier alpha value is -2.50. The summed E-state index contributed by atoms with van der Waals surface area (Å²) in [6, 6.07) is 6.48. The Morgan fingerprint density at radius 1 is 1.42 bits per heavy atom. The minimum Gasteiger partial charge on any atom is -0.505 e. The number of hydrogen-bond donors (Lipinski definition) is 3. The maximum Gasteiger partial charge on any atom is 0.260 e. The van der Waals surface area contributed by atoms with E-state index < -0.39 is 5.91 Å². The van der Waals surface area contributed by atoms with Gasteiger partial charge in [0.25, 0.3) is 5.91 Å². The maximum atomic E-state index is 12.1. The van der Waals surface area contributed by atoms with Crippen molar-refractivity contribution in [2.24, 2.45) is 0 Å². The van der Waals surface area contributed by atoms with Gasteiger partial charge in [-0.25, -0.2) is 4.68 Å². The van der Waals surface area contributed by atoms with Gasteiger partial charge in [0.1, 0.15) is 5.82 Å². The first-order valence-electron chi connectivity index (χ1n) is 5.93. The standard InChI is InChI=1S/C13H16N4O2/c1-8(2)17-11(6-7-15-17)16-13(19)9-4-3-5-10(14)12(9)18/h3-8,18H,14H2,1-2H3,(H,16,19). The monoisotopic (exact) mass is 260 g/mol. The van der Waals surface area contributed by atoms with Crippen LogP contribution >= 0.6 is 0 Å². The highest BCUT2D eigenvalue weighted by Crippen LogP contribution is 2.25. The molecule has 0 bridgehead atoms. The molecule has 0 atom stereocenters. The van der Waals surface area contributed by atoms with Crippen LogP contribution in [-0.4, -0.2) is 20.8 Å². The first-order chi connectivity index (χ1) is 9.00. The van der Waals surface area contributed by atoms with E-state index in [1.54, 1.807) is 23.0 Å². The summed E-state index contributed by atoms with van der Waals surface area (Å²) in [5.74, 6) is -0.0652. The van der Waals surface area contributed by atoms with E-state index in [-0.39, 0.29) is 23.0 Å².